The smallest absolute Gasteiger partial charge is 0.329 e. The van der Waals surface area contributed by atoms with E-state index in [4.69, 9.17) is 10.8 Å². The average Bonchev–Trinajstić information content (AvgIpc) is 3.20. The minimum atomic E-state index is -0.0493. The van der Waals surface area contributed by atoms with Crippen molar-refractivity contribution >= 4 is 16.9 Å². The molecule has 4 rings (SSSR count). The Kier molecular flexibility index (Phi) is 5.22. The molecule has 7 heteroatoms. The summed E-state index contributed by atoms with van der Waals surface area (Å²) in [5.74, 6) is 0.500. The standard InChI is InChI=1S/C23H27N5O2/c1-4-26-18-10-9-16(14-19(18)27(5-2)23(26)30)20-21(17-8-6-7-15(3)13-17)25-28(11-12-29)22(20)24/h6-10,13-14,29H,4-5,11-12,24H2,1-3H3. The number of hydrogen-bond donors (Lipinski definition) is 2. The first-order valence-corrected chi connectivity index (χ1v) is 10.3. The third-order valence-corrected chi connectivity index (χ3v) is 5.53. The molecule has 156 valence electrons. The van der Waals surface area contributed by atoms with E-state index in [0.29, 0.717) is 25.5 Å². The molecule has 0 fully saturated rings. The monoisotopic (exact) mass is 405 g/mol. The van der Waals surface area contributed by atoms with Gasteiger partial charge < -0.3 is 10.8 Å². The Hall–Kier alpha value is -3.32. The summed E-state index contributed by atoms with van der Waals surface area (Å²) in [6.07, 6.45) is 0. The number of aliphatic hydroxyl groups is 1. The zero-order chi connectivity index (χ0) is 21.4. The number of rotatable bonds is 6. The number of imidazole rings is 1. The first-order chi connectivity index (χ1) is 14.5. The van der Waals surface area contributed by atoms with Gasteiger partial charge in [-0.05, 0) is 44.5 Å². The van der Waals surface area contributed by atoms with Gasteiger partial charge in [0.15, 0.2) is 0 Å². The molecule has 2 aromatic carbocycles. The van der Waals surface area contributed by atoms with Crippen molar-refractivity contribution in [2.75, 3.05) is 12.3 Å². The van der Waals surface area contributed by atoms with Crippen LogP contribution in [0, 0.1) is 6.92 Å². The summed E-state index contributed by atoms with van der Waals surface area (Å²) in [5.41, 5.74) is 12.9. The molecule has 30 heavy (non-hydrogen) atoms. The summed E-state index contributed by atoms with van der Waals surface area (Å²) < 4.78 is 5.20. The number of anilines is 1. The lowest BCUT2D eigenvalue weighted by Crippen LogP contribution is -2.22. The van der Waals surface area contributed by atoms with Crippen LogP contribution in [0.1, 0.15) is 19.4 Å². The molecule has 0 aliphatic heterocycles. The van der Waals surface area contributed by atoms with Crippen molar-refractivity contribution in [2.24, 2.45) is 0 Å². The third kappa shape index (κ3) is 3.11. The molecule has 0 bridgehead atoms. The number of aliphatic hydroxyl groups excluding tert-OH is 1. The van der Waals surface area contributed by atoms with Gasteiger partial charge in [-0.1, -0.05) is 29.8 Å². The number of nitrogens with zero attached hydrogens (tertiary/aromatic N) is 4. The van der Waals surface area contributed by atoms with Crippen molar-refractivity contribution in [3.05, 3.63) is 58.5 Å². The average molecular weight is 406 g/mol. The zero-order valence-corrected chi connectivity index (χ0v) is 17.6. The molecule has 0 unspecified atom stereocenters. The molecule has 0 atom stereocenters. The lowest BCUT2D eigenvalue weighted by Gasteiger charge is -2.07. The predicted molar refractivity (Wildman–Crippen MR) is 120 cm³/mol. The summed E-state index contributed by atoms with van der Waals surface area (Å²) in [4.78, 5) is 12.7. The minimum Gasteiger partial charge on any atom is -0.394 e. The van der Waals surface area contributed by atoms with Crippen LogP contribution in [0.4, 0.5) is 5.82 Å². The van der Waals surface area contributed by atoms with Crippen LogP contribution in [-0.2, 0) is 19.6 Å². The molecule has 4 aromatic rings. The number of aryl methyl sites for hydroxylation is 3. The van der Waals surface area contributed by atoms with Crippen LogP contribution in [0.3, 0.4) is 0 Å². The Morgan fingerprint density at radius 3 is 2.40 bits per heavy atom. The molecule has 2 heterocycles. The number of nitrogens with two attached hydrogens (primary N) is 1. The van der Waals surface area contributed by atoms with Crippen LogP contribution >= 0.6 is 0 Å². The second-order valence-electron chi connectivity index (χ2n) is 7.40. The first-order valence-electron chi connectivity index (χ1n) is 10.3. The zero-order valence-electron chi connectivity index (χ0n) is 17.6. The van der Waals surface area contributed by atoms with E-state index in [0.717, 1.165) is 39.0 Å². The fourth-order valence-corrected chi connectivity index (χ4v) is 4.11. The molecule has 3 N–H and O–H groups in total. The normalized spacial score (nSPS) is 11.5. The van der Waals surface area contributed by atoms with Gasteiger partial charge in [0.2, 0.25) is 0 Å². The van der Waals surface area contributed by atoms with Gasteiger partial charge >= 0.3 is 5.69 Å². The molecule has 0 aliphatic rings. The van der Waals surface area contributed by atoms with Crippen LogP contribution in [0.25, 0.3) is 33.4 Å². The Bertz CT molecular complexity index is 1280. The molecule has 7 nitrogen and oxygen atoms in total. The summed E-state index contributed by atoms with van der Waals surface area (Å²) >= 11 is 0. The van der Waals surface area contributed by atoms with Crippen molar-refractivity contribution in [1.82, 2.24) is 18.9 Å². The number of hydrogen-bond acceptors (Lipinski definition) is 4. The van der Waals surface area contributed by atoms with Crippen LogP contribution in [0.5, 0.6) is 0 Å². The maximum atomic E-state index is 12.7. The Morgan fingerprint density at radius 2 is 1.73 bits per heavy atom. The summed E-state index contributed by atoms with van der Waals surface area (Å²) in [6, 6.07) is 14.1. The van der Waals surface area contributed by atoms with E-state index in [-0.39, 0.29) is 12.3 Å². The van der Waals surface area contributed by atoms with Crippen molar-refractivity contribution in [3.8, 4) is 22.4 Å². The molecule has 0 amide bonds. The lowest BCUT2D eigenvalue weighted by atomic mass is 9.99. The lowest BCUT2D eigenvalue weighted by molar-refractivity contribution is 0.270. The van der Waals surface area contributed by atoms with E-state index in [1.165, 1.54) is 0 Å². The van der Waals surface area contributed by atoms with E-state index in [1.54, 1.807) is 13.8 Å². The van der Waals surface area contributed by atoms with E-state index in [1.807, 2.05) is 57.2 Å². The fourth-order valence-electron chi connectivity index (χ4n) is 4.11. The van der Waals surface area contributed by atoms with Crippen molar-refractivity contribution < 1.29 is 5.11 Å². The minimum absolute atomic E-state index is 0.00462. The van der Waals surface area contributed by atoms with E-state index < -0.39 is 0 Å². The summed E-state index contributed by atoms with van der Waals surface area (Å²) in [7, 11) is 0. The largest absolute Gasteiger partial charge is 0.394 e. The second-order valence-corrected chi connectivity index (χ2v) is 7.40. The van der Waals surface area contributed by atoms with Gasteiger partial charge in [0.25, 0.3) is 0 Å². The van der Waals surface area contributed by atoms with E-state index in [2.05, 4.69) is 6.07 Å². The number of aromatic nitrogens is 4. The fraction of sp³-hybridized carbons (Fsp3) is 0.304. The summed E-state index contributed by atoms with van der Waals surface area (Å²) in [6.45, 7) is 7.46. The quantitative estimate of drug-likeness (QED) is 0.515. The van der Waals surface area contributed by atoms with Gasteiger partial charge in [-0.3, -0.25) is 9.13 Å². The third-order valence-electron chi connectivity index (χ3n) is 5.53. The van der Waals surface area contributed by atoms with E-state index >= 15 is 0 Å². The molecule has 0 radical (unpaired) electrons. The van der Waals surface area contributed by atoms with Crippen LogP contribution in [0.15, 0.2) is 47.3 Å². The Morgan fingerprint density at radius 1 is 1.00 bits per heavy atom. The van der Waals surface area contributed by atoms with Gasteiger partial charge in [0, 0.05) is 18.7 Å². The maximum absolute atomic E-state index is 12.7. The van der Waals surface area contributed by atoms with Crippen LogP contribution in [0.2, 0.25) is 0 Å². The summed E-state index contributed by atoms with van der Waals surface area (Å²) in [5, 5.41) is 14.1. The van der Waals surface area contributed by atoms with Gasteiger partial charge in [-0.15, -0.1) is 0 Å². The van der Waals surface area contributed by atoms with Gasteiger partial charge in [-0.2, -0.15) is 5.10 Å². The van der Waals surface area contributed by atoms with Gasteiger partial charge in [-0.25, -0.2) is 9.48 Å². The molecule has 0 saturated heterocycles. The Balaban J connectivity index is 2.00. The first kappa shape index (κ1) is 20.0. The Labute approximate surface area is 175 Å². The van der Waals surface area contributed by atoms with Crippen molar-refractivity contribution in [1.29, 1.82) is 0 Å². The van der Waals surface area contributed by atoms with E-state index in [9.17, 15) is 9.90 Å². The van der Waals surface area contributed by atoms with Gasteiger partial charge in [0.05, 0.1) is 29.7 Å². The second kappa shape index (κ2) is 7.84. The molecular formula is C23H27N5O2. The SMILES string of the molecule is CCn1c(=O)n(CC)c2cc(-c3c(-c4cccc(C)c4)nn(CCO)c3N)ccc21. The highest BCUT2D eigenvalue weighted by Gasteiger charge is 2.20. The van der Waals surface area contributed by atoms with Crippen LogP contribution < -0.4 is 11.4 Å². The highest BCUT2D eigenvalue weighted by molar-refractivity contribution is 5.92. The van der Waals surface area contributed by atoms with Crippen LogP contribution in [-0.4, -0.2) is 30.6 Å². The molecule has 0 aliphatic carbocycles. The molecular weight excluding hydrogens is 378 g/mol. The molecule has 0 spiro atoms. The van der Waals surface area contributed by atoms with Crippen molar-refractivity contribution in [2.45, 2.75) is 40.4 Å². The molecule has 2 aromatic heterocycles. The topological polar surface area (TPSA) is 91.0 Å². The number of nitrogen functional groups attached to an aromatic ring is 1. The highest BCUT2D eigenvalue weighted by atomic mass is 16.3. The number of fused-ring (bicyclic) bond motifs is 1. The molecule has 0 saturated carbocycles. The van der Waals surface area contributed by atoms with Crippen molar-refractivity contribution in [3.63, 3.8) is 0 Å². The number of benzene rings is 2. The van der Waals surface area contributed by atoms with Gasteiger partial charge in [0.1, 0.15) is 11.5 Å². The highest BCUT2D eigenvalue weighted by Crippen LogP contribution is 2.37. The maximum Gasteiger partial charge on any atom is 0.329 e. The predicted octanol–water partition coefficient (Wildman–Crippen LogP) is 3.26.